The van der Waals surface area contributed by atoms with Crippen molar-refractivity contribution in [2.24, 2.45) is 0 Å². The Morgan fingerprint density at radius 2 is 2.19 bits per heavy atom. The zero-order chi connectivity index (χ0) is 11.6. The van der Waals surface area contributed by atoms with E-state index in [0.717, 1.165) is 42.8 Å². The molecule has 0 aromatic carbocycles. The number of hydrogen-bond donors (Lipinski definition) is 1. The van der Waals surface area contributed by atoms with Crippen molar-refractivity contribution >= 4 is 21.6 Å². The Kier molecular flexibility index (Phi) is 7.17. The van der Waals surface area contributed by atoms with Gasteiger partial charge < -0.3 is 10.1 Å². The monoisotopic (exact) mass is 286 g/mol. The summed E-state index contributed by atoms with van der Waals surface area (Å²) in [5, 5.41) is 3.34. The number of ether oxygens (including phenoxy) is 1. The van der Waals surface area contributed by atoms with Gasteiger partial charge in [0.1, 0.15) is 0 Å². The van der Waals surface area contributed by atoms with E-state index in [0.29, 0.717) is 0 Å². The molecule has 0 aliphatic rings. The summed E-state index contributed by atoms with van der Waals surface area (Å²) in [5.74, 6) is 0. The van der Waals surface area contributed by atoms with Crippen LogP contribution in [0, 0.1) is 0 Å². The van der Waals surface area contributed by atoms with Crippen LogP contribution in [0.4, 0.5) is 5.69 Å². The number of rotatable bonds is 8. The third kappa shape index (κ3) is 5.47. The second kappa shape index (κ2) is 8.53. The zero-order valence-corrected chi connectivity index (χ0v) is 11.3. The minimum atomic E-state index is 0.829. The highest BCUT2D eigenvalue weighted by Crippen LogP contribution is 2.19. The Balaban J connectivity index is 2.05. The summed E-state index contributed by atoms with van der Waals surface area (Å²) in [6.07, 6.45) is 6.95. The quantitative estimate of drug-likeness (QED) is 0.743. The predicted molar refractivity (Wildman–Crippen MR) is 70.8 cm³/mol. The van der Waals surface area contributed by atoms with Crippen LogP contribution in [0.25, 0.3) is 0 Å². The van der Waals surface area contributed by atoms with Gasteiger partial charge in [0.25, 0.3) is 0 Å². The summed E-state index contributed by atoms with van der Waals surface area (Å²) in [6.45, 7) is 4.81. The molecule has 0 amide bonds. The van der Waals surface area contributed by atoms with Crippen LogP contribution < -0.4 is 5.32 Å². The summed E-state index contributed by atoms with van der Waals surface area (Å²) >= 11 is 3.44. The van der Waals surface area contributed by atoms with Crippen molar-refractivity contribution in [3.05, 3.63) is 22.9 Å². The lowest BCUT2D eigenvalue weighted by Gasteiger charge is -2.08. The van der Waals surface area contributed by atoms with Crippen LogP contribution in [0.5, 0.6) is 0 Å². The summed E-state index contributed by atoms with van der Waals surface area (Å²) < 4.78 is 6.48. The van der Waals surface area contributed by atoms with E-state index in [-0.39, 0.29) is 0 Å². The second-order valence-corrected chi connectivity index (χ2v) is 4.46. The molecule has 0 saturated heterocycles. The summed E-state index contributed by atoms with van der Waals surface area (Å²) in [4.78, 5) is 4.01. The molecule has 0 spiro atoms. The molecule has 1 N–H and O–H groups in total. The summed E-state index contributed by atoms with van der Waals surface area (Å²) in [5.41, 5.74) is 1.09. The van der Waals surface area contributed by atoms with Gasteiger partial charge in [-0.2, -0.15) is 0 Å². The van der Waals surface area contributed by atoms with Crippen LogP contribution in [0.2, 0.25) is 0 Å². The Bertz CT molecular complexity index is 294. The summed E-state index contributed by atoms with van der Waals surface area (Å²) in [6, 6.07) is 1.96. The number of pyridine rings is 1. The minimum Gasteiger partial charge on any atom is -0.384 e. The number of nitrogens with zero attached hydrogens (tertiary/aromatic N) is 1. The van der Waals surface area contributed by atoms with Crippen molar-refractivity contribution in [3.8, 4) is 0 Å². The van der Waals surface area contributed by atoms with Gasteiger partial charge in [0, 0.05) is 32.2 Å². The van der Waals surface area contributed by atoms with E-state index in [4.69, 9.17) is 4.74 Å². The third-order valence-corrected chi connectivity index (χ3v) is 2.83. The van der Waals surface area contributed by atoms with Gasteiger partial charge in [0.2, 0.25) is 0 Å². The molecule has 0 aliphatic carbocycles. The average Bonchev–Trinajstić information content (AvgIpc) is 2.30. The molecule has 0 fully saturated rings. The first-order valence-corrected chi connectivity index (χ1v) is 6.55. The van der Waals surface area contributed by atoms with Crippen molar-refractivity contribution in [1.82, 2.24) is 4.98 Å². The molecule has 0 unspecified atom stereocenters. The molecule has 3 nitrogen and oxygen atoms in total. The highest BCUT2D eigenvalue weighted by Gasteiger charge is 1.97. The van der Waals surface area contributed by atoms with E-state index in [9.17, 15) is 0 Å². The van der Waals surface area contributed by atoms with E-state index in [2.05, 4.69) is 33.2 Å². The van der Waals surface area contributed by atoms with Gasteiger partial charge in [-0.25, -0.2) is 0 Å². The molecule has 0 bridgehead atoms. The van der Waals surface area contributed by atoms with Gasteiger partial charge in [-0.05, 0) is 34.8 Å². The first-order valence-electron chi connectivity index (χ1n) is 5.75. The molecule has 0 saturated carbocycles. The average molecular weight is 287 g/mol. The molecular weight excluding hydrogens is 268 g/mol. The van der Waals surface area contributed by atoms with Crippen molar-refractivity contribution in [2.45, 2.75) is 26.2 Å². The highest BCUT2D eigenvalue weighted by atomic mass is 79.9. The van der Waals surface area contributed by atoms with Gasteiger partial charge in [-0.3, -0.25) is 4.98 Å². The fraction of sp³-hybridized carbons (Fsp3) is 0.583. The lowest BCUT2D eigenvalue weighted by Crippen LogP contribution is -2.06. The number of halogens is 1. The van der Waals surface area contributed by atoms with E-state index in [1.165, 1.54) is 6.42 Å². The fourth-order valence-corrected chi connectivity index (χ4v) is 1.65. The number of unbranched alkanes of at least 4 members (excludes halogenated alkanes) is 1. The van der Waals surface area contributed by atoms with Crippen molar-refractivity contribution in [3.63, 3.8) is 0 Å². The Morgan fingerprint density at radius 1 is 1.38 bits per heavy atom. The zero-order valence-electron chi connectivity index (χ0n) is 9.71. The minimum absolute atomic E-state index is 0.829. The number of hydrogen-bond acceptors (Lipinski definition) is 3. The maximum absolute atomic E-state index is 5.48. The van der Waals surface area contributed by atoms with Crippen molar-refractivity contribution < 1.29 is 4.74 Å². The lowest BCUT2D eigenvalue weighted by atomic mass is 10.3. The summed E-state index contributed by atoms with van der Waals surface area (Å²) in [7, 11) is 0. The van der Waals surface area contributed by atoms with E-state index < -0.39 is 0 Å². The maximum Gasteiger partial charge on any atom is 0.0590 e. The van der Waals surface area contributed by atoms with E-state index in [1.807, 2.05) is 6.07 Å². The van der Waals surface area contributed by atoms with Gasteiger partial charge in [0.05, 0.1) is 10.2 Å². The first-order chi connectivity index (χ1) is 7.84. The third-order valence-electron chi connectivity index (χ3n) is 2.20. The molecule has 1 aromatic heterocycles. The molecule has 16 heavy (non-hydrogen) atoms. The number of nitrogens with one attached hydrogen (secondary N) is 1. The molecule has 1 aromatic rings. The molecule has 90 valence electrons. The predicted octanol–water partition coefficient (Wildman–Crippen LogP) is 3.46. The van der Waals surface area contributed by atoms with Gasteiger partial charge in [0.15, 0.2) is 0 Å². The maximum atomic E-state index is 5.48. The normalized spacial score (nSPS) is 10.4. The van der Waals surface area contributed by atoms with Crippen molar-refractivity contribution in [2.75, 3.05) is 25.1 Å². The fourth-order valence-electron chi connectivity index (χ4n) is 1.26. The SMILES string of the molecule is CCCCOCCCNc1ccncc1Br. The first kappa shape index (κ1) is 13.5. The topological polar surface area (TPSA) is 34.1 Å². The molecule has 0 atom stereocenters. The van der Waals surface area contributed by atoms with Crippen LogP contribution in [0.1, 0.15) is 26.2 Å². The molecule has 0 aliphatic heterocycles. The molecule has 0 radical (unpaired) electrons. The second-order valence-electron chi connectivity index (χ2n) is 3.60. The molecule has 4 heteroatoms. The van der Waals surface area contributed by atoms with Crippen LogP contribution in [0.3, 0.4) is 0 Å². The van der Waals surface area contributed by atoms with Gasteiger partial charge in [-0.1, -0.05) is 13.3 Å². The molecular formula is C12H19BrN2O. The van der Waals surface area contributed by atoms with Crippen LogP contribution in [-0.2, 0) is 4.74 Å². The largest absolute Gasteiger partial charge is 0.384 e. The van der Waals surface area contributed by atoms with Gasteiger partial charge >= 0.3 is 0 Å². The highest BCUT2D eigenvalue weighted by molar-refractivity contribution is 9.10. The Hall–Kier alpha value is -0.610. The molecule has 1 rings (SSSR count). The van der Waals surface area contributed by atoms with Gasteiger partial charge in [-0.15, -0.1) is 0 Å². The Morgan fingerprint density at radius 3 is 2.94 bits per heavy atom. The Labute approximate surface area is 106 Å². The number of anilines is 1. The van der Waals surface area contributed by atoms with E-state index >= 15 is 0 Å². The smallest absolute Gasteiger partial charge is 0.0590 e. The van der Waals surface area contributed by atoms with Crippen molar-refractivity contribution in [1.29, 1.82) is 0 Å². The molecule has 1 heterocycles. The van der Waals surface area contributed by atoms with Crippen LogP contribution >= 0.6 is 15.9 Å². The standard InChI is InChI=1S/C12H19BrN2O/c1-2-3-8-16-9-4-6-15-12-5-7-14-10-11(12)13/h5,7,10H,2-4,6,8-9H2,1H3,(H,14,15). The lowest BCUT2D eigenvalue weighted by molar-refractivity contribution is 0.131. The van der Waals surface area contributed by atoms with Crippen LogP contribution in [0.15, 0.2) is 22.9 Å². The van der Waals surface area contributed by atoms with Crippen LogP contribution in [-0.4, -0.2) is 24.7 Å². The van der Waals surface area contributed by atoms with E-state index in [1.54, 1.807) is 12.4 Å². The number of aromatic nitrogens is 1.